The van der Waals surface area contributed by atoms with Crippen LogP contribution >= 0.6 is 0 Å². The fraction of sp³-hybridized carbons (Fsp3) is 0.571. The predicted molar refractivity (Wildman–Crippen MR) is 70.1 cm³/mol. The van der Waals surface area contributed by atoms with Crippen LogP contribution in [0.5, 0.6) is 5.75 Å². The van der Waals surface area contributed by atoms with Crippen molar-refractivity contribution in [3.05, 3.63) is 29.6 Å². The highest BCUT2D eigenvalue weighted by molar-refractivity contribution is 5.37. The molecule has 1 aliphatic rings. The molecule has 100 valence electrons. The van der Waals surface area contributed by atoms with Gasteiger partial charge in [-0.05, 0) is 38.9 Å². The number of halogens is 1. The second-order valence-electron chi connectivity index (χ2n) is 5.06. The summed E-state index contributed by atoms with van der Waals surface area (Å²) in [5, 5.41) is 0. The Morgan fingerprint density at radius 2 is 2.06 bits per heavy atom. The first-order valence-electron chi connectivity index (χ1n) is 6.47. The molecule has 1 heterocycles. The average Bonchev–Trinajstić information content (AvgIpc) is 2.32. The fourth-order valence-corrected chi connectivity index (χ4v) is 2.34. The van der Waals surface area contributed by atoms with Crippen LogP contribution in [0.15, 0.2) is 18.2 Å². The normalized spacial score (nSPS) is 19.8. The van der Waals surface area contributed by atoms with E-state index in [4.69, 9.17) is 10.5 Å². The van der Waals surface area contributed by atoms with Crippen LogP contribution in [0.3, 0.4) is 0 Å². The maximum atomic E-state index is 13.7. The van der Waals surface area contributed by atoms with Gasteiger partial charge in [0.15, 0.2) is 0 Å². The van der Waals surface area contributed by atoms with Crippen molar-refractivity contribution in [2.75, 3.05) is 20.1 Å². The molecule has 2 N–H and O–H groups in total. The van der Waals surface area contributed by atoms with Gasteiger partial charge in [0.25, 0.3) is 0 Å². The summed E-state index contributed by atoms with van der Waals surface area (Å²) in [7, 11) is 2.10. The molecule has 18 heavy (non-hydrogen) atoms. The van der Waals surface area contributed by atoms with Crippen molar-refractivity contribution in [1.29, 1.82) is 0 Å². The molecule has 2 rings (SSSR count). The highest BCUT2D eigenvalue weighted by atomic mass is 19.1. The van der Waals surface area contributed by atoms with Gasteiger partial charge in [-0.25, -0.2) is 4.39 Å². The van der Waals surface area contributed by atoms with Gasteiger partial charge in [0.1, 0.15) is 17.7 Å². The Morgan fingerprint density at radius 3 is 2.67 bits per heavy atom. The summed E-state index contributed by atoms with van der Waals surface area (Å²) in [6, 6.07) is 4.55. The van der Waals surface area contributed by atoms with E-state index in [-0.39, 0.29) is 18.0 Å². The summed E-state index contributed by atoms with van der Waals surface area (Å²) in [4.78, 5) is 2.28. The van der Waals surface area contributed by atoms with Crippen LogP contribution in [0.4, 0.5) is 4.39 Å². The first-order valence-corrected chi connectivity index (χ1v) is 6.47. The minimum Gasteiger partial charge on any atom is -0.490 e. The van der Waals surface area contributed by atoms with E-state index in [2.05, 4.69) is 11.9 Å². The van der Waals surface area contributed by atoms with Gasteiger partial charge in [0, 0.05) is 24.7 Å². The lowest BCUT2D eigenvalue weighted by molar-refractivity contribution is 0.112. The van der Waals surface area contributed by atoms with Crippen molar-refractivity contribution in [2.45, 2.75) is 31.9 Å². The molecule has 0 radical (unpaired) electrons. The predicted octanol–water partition coefficient (Wildman–Crippen LogP) is 2.32. The number of benzene rings is 1. The standard InChI is InChI=1S/C14H21FN2O/c1-10(16)14-12(15)4-3-5-13(14)18-11-6-8-17(2)9-7-11/h3-5,10-11H,6-9,16H2,1-2H3/t10-/m1/s1. The molecular formula is C14H21FN2O. The maximum absolute atomic E-state index is 13.7. The third-order valence-electron chi connectivity index (χ3n) is 3.43. The molecule has 1 aromatic carbocycles. The average molecular weight is 252 g/mol. The minimum absolute atomic E-state index is 0.167. The number of hydrogen-bond acceptors (Lipinski definition) is 3. The van der Waals surface area contributed by atoms with Crippen molar-refractivity contribution in [3.63, 3.8) is 0 Å². The van der Waals surface area contributed by atoms with Gasteiger partial charge < -0.3 is 15.4 Å². The topological polar surface area (TPSA) is 38.5 Å². The van der Waals surface area contributed by atoms with E-state index in [0.29, 0.717) is 11.3 Å². The van der Waals surface area contributed by atoms with E-state index in [9.17, 15) is 4.39 Å². The van der Waals surface area contributed by atoms with Gasteiger partial charge >= 0.3 is 0 Å². The molecule has 3 nitrogen and oxygen atoms in total. The largest absolute Gasteiger partial charge is 0.490 e. The Balaban J connectivity index is 2.11. The van der Waals surface area contributed by atoms with Gasteiger partial charge in [0.05, 0.1) is 0 Å². The minimum atomic E-state index is -0.354. The number of nitrogens with zero attached hydrogens (tertiary/aromatic N) is 1. The monoisotopic (exact) mass is 252 g/mol. The molecule has 0 amide bonds. The molecule has 1 aromatic rings. The third-order valence-corrected chi connectivity index (χ3v) is 3.43. The van der Waals surface area contributed by atoms with Gasteiger partial charge in [-0.3, -0.25) is 0 Å². The number of ether oxygens (including phenoxy) is 1. The fourth-order valence-electron chi connectivity index (χ4n) is 2.34. The Labute approximate surface area is 108 Å². The highest BCUT2D eigenvalue weighted by Gasteiger charge is 2.21. The molecule has 4 heteroatoms. The van der Waals surface area contributed by atoms with Crippen LogP contribution in [0.1, 0.15) is 31.4 Å². The first kappa shape index (κ1) is 13.3. The van der Waals surface area contributed by atoms with Crippen LogP contribution in [0.25, 0.3) is 0 Å². The first-order chi connectivity index (χ1) is 8.58. The molecule has 0 spiro atoms. The van der Waals surface area contributed by atoms with E-state index in [1.54, 1.807) is 19.1 Å². The SMILES string of the molecule is C[C@@H](N)c1c(F)cccc1OC1CCN(C)CC1. The molecule has 1 fully saturated rings. The lowest BCUT2D eigenvalue weighted by Gasteiger charge is -2.30. The Morgan fingerprint density at radius 1 is 1.39 bits per heavy atom. The third kappa shape index (κ3) is 3.00. The van der Waals surface area contributed by atoms with Crippen molar-refractivity contribution < 1.29 is 9.13 Å². The number of piperidine rings is 1. The second-order valence-corrected chi connectivity index (χ2v) is 5.06. The maximum Gasteiger partial charge on any atom is 0.131 e. The number of nitrogens with two attached hydrogens (primary N) is 1. The van der Waals surface area contributed by atoms with Crippen LogP contribution in [0, 0.1) is 5.82 Å². The molecule has 0 aromatic heterocycles. The Bertz CT molecular complexity index is 401. The van der Waals surface area contributed by atoms with Gasteiger partial charge in [-0.15, -0.1) is 0 Å². The van der Waals surface area contributed by atoms with Crippen molar-refractivity contribution in [3.8, 4) is 5.75 Å². The second kappa shape index (κ2) is 5.67. The van der Waals surface area contributed by atoms with Crippen molar-refractivity contribution in [2.24, 2.45) is 5.73 Å². The summed E-state index contributed by atoms with van der Waals surface area (Å²) >= 11 is 0. The van der Waals surface area contributed by atoms with Gasteiger partial charge in [-0.2, -0.15) is 0 Å². The van der Waals surface area contributed by atoms with Crippen LogP contribution in [0.2, 0.25) is 0 Å². The van der Waals surface area contributed by atoms with Crippen molar-refractivity contribution in [1.82, 2.24) is 4.90 Å². The van der Waals surface area contributed by atoms with Crippen molar-refractivity contribution >= 4 is 0 Å². The van der Waals surface area contributed by atoms with Crippen LogP contribution in [-0.4, -0.2) is 31.1 Å². The summed E-state index contributed by atoms with van der Waals surface area (Å²) in [6.07, 6.45) is 2.12. The summed E-state index contributed by atoms with van der Waals surface area (Å²) in [5.41, 5.74) is 6.30. The molecule has 1 aliphatic heterocycles. The lowest BCUT2D eigenvalue weighted by atomic mass is 10.1. The Hall–Kier alpha value is -1.13. The highest BCUT2D eigenvalue weighted by Crippen LogP contribution is 2.28. The summed E-state index contributed by atoms with van der Waals surface area (Å²) in [6.45, 7) is 3.82. The quantitative estimate of drug-likeness (QED) is 0.897. The van der Waals surface area contributed by atoms with E-state index in [1.807, 2.05) is 0 Å². The van der Waals surface area contributed by atoms with Crippen LogP contribution in [-0.2, 0) is 0 Å². The van der Waals surface area contributed by atoms with Gasteiger partial charge in [0.2, 0.25) is 0 Å². The number of likely N-dealkylation sites (tertiary alicyclic amines) is 1. The molecule has 1 atom stereocenters. The zero-order chi connectivity index (χ0) is 13.1. The van der Waals surface area contributed by atoms with Gasteiger partial charge in [-0.1, -0.05) is 6.07 Å². The van der Waals surface area contributed by atoms with E-state index in [1.165, 1.54) is 6.07 Å². The molecule has 0 bridgehead atoms. The van der Waals surface area contributed by atoms with Crippen LogP contribution < -0.4 is 10.5 Å². The molecule has 0 unspecified atom stereocenters. The molecule has 0 saturated carbocycles. The zero-order valence-corrected chi connectivity index (χ0v) is 11.0. The number of hydrogen-bond donors (Lipinski definition) is 1. The van der Waals surface area contributed by atoms with E-state index in [0.717, 1.165) is 25.9 Å². The van der Waals surface area contributed by atoms with E-state index < -0.39 is 0 Å². The summed E-state index contributed by atoms with van der Waals surface area (Å²) in [5.74, 6) is 0.315. The molecule has 1 saturated heterocycles. The zero-order valence-electron chi connectivity index (χ0n) is 11.0. The summed E-state index contributed by atoms with van der Waals surface area (Å²) < 4.78 is 19.7. The van der Waals surface area contributed by atoms with E-state index >= 15 is 0 Å². The number of rotatable bonds is 3. The molecular weight excluding hydrogens is 231 g/mol. The smallest absolute Gasteiger partial charge is 0.131 e. The molecule has 0 aliphatic carbocycles. The lowest BCUT2D eigenvalue weighted by Crippen LogP contribution is -2.36. The Kier molecular flexibility index (Phi) is 4.19.